The van der Waals surface area contributed by atoms with Crippen LogP contribution in [0.3, 0.4) is 0 Å². The van der Waals surface area contributed by atoms with Crippen molar-refractivity contribution in [2.75, 3.05) is 27.3 Å². The molecule has 0 saturated carbocycles. The van der Waals surface area contributed by atoms with Crippen LogP contribution >= 0.6 is 0 Å². The molecule has 0 unspecified atom stereocenters. The predicted molar refractivity (Wildman–Crippen MR) is 104 cm³/mol. The maximum atomic E-state index is 12.4. The fourth-order valence-corrected chi connectivity index (χ4v) is 2.34. The van der Waals surface area contributed by atoms with Gasteiger partial charge in [-0.2, -0.15) is 0 Å². The van der Waals surface area contributed by atoms with Gasteiger partial charge in [-0.1, -0.05) is 26.0 Å². The number of alkyl carbamates (subject to hydrolysis) is 1. The molecule has 1 aromatic rings. The second-order valence-corrected chi connectivity index (χ2v) is 7.94. The van der Waals surface area contributed by atoms with Crippen LogP contribution in [0.2, 0.25) is 0 Å². The van der Waals surface area contributed by atoms with Gasteiger partial charge in [-0.15, -0.1) is 0 Å². The second-order valence-electron chi connectivity index (χ2n) is 7.94. The number of benzene rings is 1. The van der Waals surface area contributed by atoms with Gasteiger partial charge in [0.15, 0.2) is 6.10 Å². The van der Waals surface area contributed by atoms with Crippen molar-refractivity contribution in [3.05, 3.63) is 29.8 Å². The van der Waals surface area contributed by atoms with Crippen LogP contribution in [0, 0.1) is 0 Å². The van der Waals surface area contributed by atoms with Crippen molar-refractivity contribution in [2.45, 2.75) is 51.7 Å². The Morgan fingerprint density at radius 3 is 2.07 bits per heavy atom. The molecule has 1 aromatic carbocycles. The molecule has 7 nitrogen and oxygen atoms in total. The maximum Gasteiger partial charge on any atom is 0.407 e. The largest absolute Gasteiger partial charge is 0.497 e. The molecule has 0 radical (unpaired) electrons. The molecule has 0 heterocycles. The molecule has 7 heteroatoms. The summed E-state index contributed by atoms with van der Waals surface area (Å²) in [7, 11) is 3.05. The summed E-state index contributed by atoms with van der Waals surface area (Å²) in [6.45, 7) is 9.84. The van der Waals surface area contributed by atoms with E-state index < -0.39 is 17.8 Å². The zero-order valence-electron chi connectivity index (χ0n) is 17.3. The molecule has 27 heavy (non-hydrogen) atoms. The minimum atomic E-state index is -0.802. The van der Waals surface area contributed by atoms with Crippen molar-refractivity contribution in [1.29, 1.82) is 0 Å². The van der Waals surface area contributed by atoms with Gasteiger partial charge in [-0.3, -0.25) is 4.79 Å². The van der Waals surface area contributed by atoms with Crippen molar-refractivity contribution in [3.63, 3.8) is 0 Å². The number of carbonyl (C=O) groups excluding carboxylic acids is 2. The van der Waals surface area contributed by atoms with Gasteiger partial charge in [0.05, 0.1) is 13.7 Å². The van der Waals surface area contributed by atoms with E-state index in [0.717, 1.165) is 11.3 Å². The van der Waals surface area contributed by atoms with Crippen molar-refractivity contribution >= 4 is 12.0 Å². The minimum Gasteiger partial charge on any atom is -0.497 e. The third kappa shape index (κ3) is 7.86. The van der Waals surface area contributed by atoms with Gasteiger partial charge in [0.2, 0.25) is 0 Å². The molecular weight excluding hydrogens is 348 g/mol. The highest BCUT2D eigenvalue weighted by atomic mass is 16.6. The quantitative estimate of drug-likeness (QED) is 0.724. The molecule has 0 aromatic heterocycles. The number of amides is 2. The van der Waals surface area contributed by atoms with Crippen molar-refractivity contribution in [1.82, 2.24) is 10.6 Å². The van der Waals surface area contributed by atoms with Gasteiger partial charge in [-0.25, -0.2) is 4.79 Å². The topological polar surface area (TPSA) is 85.9 Å². The highest BCUT2D eigenvalue weighted by Crippen LogP contribution is 2.24. The van der Waals surface area contributed by atoms with Crippen LogP contribution in [0.15, 0.2) is 24.3 Å². The molecular formula is C20H32N2O5. The van der Waals surface area contributed by atoms with E-state index in [2.05, 4.69) is 10.6 Å². The number of nitrogens with one attached hydrogen (secondary N) is 2. The highest BCUT2D eigenvalue weighted by molar-refractivity contribution is 5.81. The lowest BCUT2D eigenvalue weighted by Gasteiger charge is -2.27. The van der Waals surface area contributed by atoms with E-state index in [-0.39, 0.29) is 17.9 Å². The molecule has 0 aliphatic heterocycles. The van der Waals surface area contributed by atoms with Crippen LogP contribution in [0.4, 0.5) is 4.79 Å². The Kier molecular flexibility index (Phi) is 8.09. The average Bonchev–Trinajstić information content (AvgIpc) is 2.59. The summed E-state index contributed by atoms with van der Waals surface area (Å²) >= 11 is 0. The fraction of sp³-hybridized carbons (Fsp3) is 0.600. The fourth-order valence-electron chi connectivity index (χ4n) is 2.34. The molecule has 0 saturated heterocycles. The molecule has 2 N–H and O–H groups in total. The number of methoxy groups -OCH3 is 2. The van der Waals surface area contributed by atoms with Gasteiger partial charge in [-0.05, 0) is 38.5 Å². The average molecular weight is 380 g/mol. The molecule has 0 aliphatic carbocycles. The van der Waals surface area contributed by atoms with E-state index >= 15 is 0 Å². The van der Waals surface area contributed by atoms with E-state index in [1.807, 2.05) is 38.1 Å². The Labute approximate surface area is 161 Å². The first kappa shape index (κ1) is 22.8. The minimum absolute atomic E-state index is 0.0280. The highest BCUT2D eigenvalue weighted by Gasteiger charge is 2.25. The van der Waals surface area contributed by atoms with Crippen molar-refractivity contribution < 1.29 is 23.8 Å². The SMILES string of the molecule is COc1ccc(C(C)(C)CNC(=O)[C@@H](CNC(=O)OC(C)(C)C)OC)cc1. The van der Waals surface area contributed by atoms with Crippen LogP contribution in [0.1, 0.15) is 40.2 Å². The van der Waals surface area contributed by atoms with Gasteiger partial charge in [0, 0.05) is 19.1 Å². The third-order valence-electron chi connectivity index (χ3n) is 3.98. The molecule has 152 valence electrons. The Morgan fingerprint density at radius 2 is 1.59 bits per heavy atom. The summed E-state index contributed by atoms with van der Waals surface area (Å²) < 4.78 is 15.5. The maximum absolute atomic E-state index is 12.4. The number of rotatable bonds is 8. The van der Waals surface area contributed by atoms with E-state index in [1.165, 1.54) is 7.11 Å². The Balaban J connectivity index is 2.57. The lowest BCUT2D eigenvalue weighted by atomic mass is 9.84. The lowest BCUT2D eigenvalue weighted by Crippen LogP contribution is -2.47. The van der Waals surface area contributed by atoms with Gasteiger partial charge in [0.1, 0.15) is 11.4 Å². The Morgan fingerprint density at radius 1 is 1.00 bits per heavy atom. The van der Waals surface area contributed by atoms with Crippen molar-refractivity contribution in [2.24, 2.45) is 0 Å². The van der Waals surface area contributed by atoms with Crippen LogP contribution in [-0.2, 0) is 19.7 Å². The van der Waals surface area contributed by atoms with Gasteiger partial charge < -0.3 is 24.8 Å². The second kappa shape index (κ2) is 9.60. The molecule has 2 amide bonds. The molecule has 0 fully saturated rings. The summed E-state index contributed by atoms with van der Waals surface area (Å²) in [5.74, 6) is 0.487. The van der Waals surface area contributed by atoms with Crippen LogP contribution in [-0.4, -0.2) is 51.0 Å². The molecule has 1 atom stereocenters. The summed E-state index contributed by atoms with van der Waals surface area (Å²) in [5.41, 5.74) is 0.195. The third-order valence-corrected chi connectivity index (χ3v) is 3.98. The van der Waals surface area contributed by atoms with E-state index in [0.29, 0.717) is 6.54 Å². The molecule has 0 aliphatic rings. The van der Waals surface area contributed by atoms with E-state index in [1.54, 1.807) is 27.9 Å². The summed E-state index contributed by atoms with van der Waals surface area (Å²) in [6, 6.07) is 7.73. The Bertz CT molecular complexity index is 620. The number of hydrogen-bond acceptors (Lipinski definition) is 5. The Hall–Kier alpha value is -2.28. The molecule has 1 rings (SSSR count). The zero-order chi connectivity index (χ0) is 20.7. The molecule has 0 spiro atoms. The van der Waals surface area contributed by atoms with Crippen LogP contribution < -0.4 is 15.4 Å². The molecule has 0 bridgehead atoms. The lowest BCUT2D eigenvalue weighted by molar-refractivity contribution is -0.130. The first-order chi connectivity index (χ1) is 12.5. The van der Waals surface area contributed by atoms with Crippen LogP contribution in [0.5, 0.6) is 5.75 Å². The standard InChI is InChI=1S/C20H32N2O5/c1-19(2,3)27-18(24)21-12-16(26-7)17(23)22-13-20(4,5)14-8-10-15(25-6)11-9-14/h8-11,16H,12-13H2,1-7H3,(H,21,24)(H,22,23)/t16-/m1/s1. The number of carbonyl (C=O) groups is 2. The van der Waals surface area contributed by atoms with Gasteiger partial charge >= 0.3 is 6.09 Å². The zero-order valence-corrected chi connectivity index (χ0v) is 17.3. The summed E-state index contributed by atoms with van der Waals surface area (Å²) in [4.78, 5) is 24.1. The normalized spacial score (nSPS) is 12.9. The summed E-state index contributed by atoms with van der Waals surface area (Å²) in [6.07, 6.45) is -1.39. The van der Waals surface area contributed by atoms with Gasteiger partial charge in [0.25, 0.3) is 5.91 Å². The summed E-state index contributed by atoms with van der Waals surface area (Å²) in [5, 5.41) is 5.44. The van der Waals surface area contributed by atoms with Crippen molar-refractivity contribution in [3.8, 4) is 5.75 Å². The smallest absolute Gasteiger partial charge is 0.407 e. The predicted octanol–water partition coefficient (Wildman–Crippen LogP) is 2.63. The first-order valence-electron chi connectivity index (χ1n) is 8.90. The number of ether oxygens (including phenoxy) is 3. The van der Waals surface area contributed by atoms with Crippen LogP contribution in [0.25, 0.3) is 0 Å². The first-order valence-corrected chi connectivity index (χ1v) is 8.90. The monoisotopic (exact) mass is 380 g/mol. The van der Waals surface area contributed by atoms with E-state index in [9.17, 15) is 9.59 Å². The number of hydrogen-bond donors (Lipinski definition) is 2. The van der Waals surface area contributed by atoms with E-state index in [4.69, 9.17) is 14.2 Å².